The Labute approximate surface area is 117 Å². The second-order valence-corrected chi connectivity index (χ2v) is 6.59. The lowest BCUT2D eigenvalue weighted by atomic mass is 9.91. The molecule has 112 valence electrons. The van der Waals surface area contributed by atoms with Crippen molar-refractivity contribution in [1.82, 2.24) is 10.2 Å². The number of amides is 1. The Hall–Kier alpha value is -0.610. The molecule has 2 unspecified atom stereocenters. The van der Waals surface area contributed by atoms with E-state index < -0.39 is 0 Å². The molecule has 0 spiro atoms. The fourth-order valence-corrected chi connectivity index (χ4v) is 2.83. The van der Waals surface area contributed by atoms with E-state index in [0.717, 1.165) is 32.5 Å². The van der Waals surface area contributed by atoms with E-state index in [9.17, 15) is 4.79 Å². The van der Waals surface area contributed by atoms with Crippen molar-refractivity contribution in [2.75, 3.05) is 26.2 Å². The molecule has 19 heavy (non-hydrogen) atoms. The number of rotatable bonds is 6. The number of aliphatic hydroxyl groups excluding tert-OH is 1. The van der Waals surface area contributed by atoms with Gasteiger partial charge >= 0.3 is 0 Å². The molecule has 0 aromatic rings. The lowest BCUT2D eigenvalue weighted by Gasteiger charge is -2.39. The van der Waals surface area contributed by atoms with Crippen LogP contribution < -0.4 is 5.32 Å². The Morgan fingerprint density at radius 3 is 2.53 bits per heavy atom. The highest BCUT2D eigenvalue weighted by atomic mass is 16.3. The Bertz CT molecular complexity index is 279. The summed E-state index contributed by atoms with van der Waals surface area (Å²) in [5.41, 5.74) is 0. The summed E-state index contributed by atoms with van der Waals surface area (Å²) in [5, 5.41) is 12.3. The SMILES string of the molecule is CC(C)CN1CC(CCO)CC(NC(=O)C(C)C)C1. The van der Waals surface area contributed by atoms with E-state index in [0.29, 0.717) is 11.8 Å². The predicted octanol–water partition coefficient (Wildman–Crippen LogP) is 1.49. The molecule has 1 fully saturated rings. The number of aliphatic hydroxyl groups is 1. The zero-order valence-electron chi connectivity index (χ0n) is 12.9. The van der Waals surface area contributed by atoms with E-state index in [1.807, 2.05) is 13.8 Å². The summed E-state index contributed by atoms with van der Waals surface area (Å²) in [4.78, 5) is 14.3. The van der Waals surface area contributed by atoms with Crippen molar-refractivity contribution in [1.29, 1.82) is 0 Å². The first-order valence-corrected chi connectivity index (χ1v) is 7.56. The van der Waals surface area contributed by atoms with Crippen molar-refractivity contribution < 1.29 is 9.90 Å². The minimum atomic E-state index is 0.0387. The summed E-state index contributed by atoms with van der Waals surface area (Å²) >= 11 is 0. The summed E-state index contributed by atoms with van der Waals surface area (Å²) in [6.07, 6.45) is 1.83. The third-order valence-corrected chi connectivity index (χ3v) is 3.64. The van der Waals surface area contributed by atoms with Crippen LogP contribution >= 0.6 is 0 Å². The lowest BCUT2D eigenvalue weighted by molar-refractivity contribution is -0.125. The quantitative estimate of drug-likeness (QED) is 0.769. The van der Waals surface area contributed by atoms with E-state index in [2.05, 4.69) is 24.1 Å². The molecule has 1 saturated heterocycles. The molecule has 2 N–H and O–H groups in total. The zero-order valence-corrected chi connectivity index (χ0v) is 12.9. The topological polar surface area (TPSA) is 52.6 Å². The third kappa shape index (κ3) is 5.91. The van der Waals surface area contributed by atoms with Gasteiger partial charge in [-0.15, -0.1) is 0 Å². The van der Waals surface area contributed by atoms with E-state index in [1.54, 1.807) is 0 Å². The zero-order chi connectivity index (χ0) is 14.4. The number of nitrogens with one attached hydrogen (secondary N) is 1. The van der Waals surface area contributed by atoms with Gasteiger partial charge < -0.3 is 15.3 Å². The predicted molar refractivity (Wildman–Crippen MR) is 77.9 cm³/mol. The van der Waals surface area contributed by atoms with Crippen LogP contribution in [0.3, 0.4) is 0 Å². The van der Waals surface area contributed by atoms with E-state index in [4.69, 9.17) is 5.11 Å². The number of hydrogen-bond acceptors (Lipinski definition) is 3. The monoisotopic (exact) mass is 270 g/mol. The molecule has 0 aromatic heterocycles. The van der Waals surface area contributed by atoms with Crippen molar-refractivity contribution in [3.8, 4) is 0 Å². The first-order chi connectivity index (χ1) is 8.92. The number of likely N-dealkylation sites (tertiary alicyclic amines) is 1. The van der Waals surface area contributed by atoms with Crippen LogP contribution in [0.15, 0.2) is 0 Å². The van der Waals surface area contributed by atoms with Gasteiger partial charge in [-0.3, -0.25) is 4.79 Å². The van der Waals surface area contributed by atoms with Crippen molar-refractivity contribution >= 4 is 5.91 Å². The Morgan fingerprint density at radius 1 is 1.32 bits per heavy atom. The lowest BCUT2D eigenvalue weighted by Crippen LogP contribution is -2.52. The molecule has 1 heterocycles. The van der Waals surface area contributed by atoms with Gasteiger partial charge in [0, 0.05) is 38.2 Å². The van der Waals surface area contributed by atoms with Crippen molar-refractivity contribution in [3.63, 3.8) is 0 Å². The second kappa shape index (κ2) is 7.85. The maximum atomic E-state index is 11.8. The average Bonchev–Trinajstić information content (AvgIpc) is 2.27. The molecule has 0 saturated carbocycles. The van der Waals surface area contributed by atoms with Crippen molar-refractivity contribution in [2.45, 2.75) is 46.6 Å². The Morgan fingerprint density at radius 2 is 2.00 bits per heavy atom. The van der Waals surface area contributed by atoms with Crippen molar-refractivity contribution in [3.05, 3.63) is 0 Å². The number of nitrogens with zero attached hydrogens (tertiary/aromatic N) is 1. The van der Waals surface area contributed by atoms with E-state index in [1.165, 1.54) is 0 Å². The summed E-state index contributed by atoms with van der Waals surface area (Å²) in [7, 11) is 0. The minimum Gasteiger partial charge on any atom is -0.396 e. The van der Waals surface area contributed by atoms with Crippen LogP contribution in [0.25, 0.3) is 0 Å². The third-order valence-electron chi connectivity index (χ3n) is 3.64. The number of hydrogen-bond donors (Lipinski definition) is 2. The normalized spacial score (nSPS) is 25.0. The van der Waals surface area contributed by atoms with Gasteiger partial charge in [-0.25, -0.2) is 0 Å². The van der Waals surface area contributed by atoms with E-state index >= 15 is 0 Å². The number of piperidine rings is 1. The largest absolute Gasteiger partial charge is 0.396 e. The first-order valence-electron chi connectivity index (χ1n) is 7.56. The van der Waals surface area contributed by atoms with Crippen LogP contribution in [0.4, 0.5) is 0 Å². The van der Waals surface area contributed by atoms with Crippen LogP contribution in [-0.4, -0.2) is 48.2 Å². The van der Waals surface area contributed by atoms with Gasteiger partial charge in [0.1, 0.15) is 0 Å². The molecule has 0 bridgehead atoms. The van der Waals surface area contributed by atoms with Crippen molar-refractivity contribution in [2.24, 2.45) is 17.8 Å². The maximum Gasteiger partial charge on any atom is 0.222 e. The van der Waals surface area contributed by atoms with Crippen LogP contribution in [0, 0.1) is 17.8 Å². The maximum absolute atomic E-state index is 11.8. The Kier molecular flexibility index (Phi) is 6.80. The molecule has 4 nitrogen and oxygen atoms in total. The highest BCUT2D eigenvalue weighted by Gasteiger charge is 2.28. The van der Waals surface area contributed by atoms with Gasteiger partial charge in [-0.2, -0.15) is 0 Å². The van der Waals surface area contributed by atoms with Gasteiger partial charge in [0.25, 0.3) is 0 Å². The molecule has 4 heteroatoms. The standard InChI is InChI=1S/C15H30N2O2/c1-11(2)8-17-9-13(5-6-18)7-14(10-17)16-15(19)12(3)4/h11-14,18H,5-10H2,1-4H3,(H,16,19). The minimum absolute atomic E-state index is 0.0387. The molecule has 1 rings (SSSR count). The molecular formula is C15H30N2O2. The molecule has 1 aliphatic heterocycles. The summed E-state index contributed by atoms with van der Waals surface area (Å²) in [5.74, 6) is 1.31. The second-order valence-electron chi connectivity index (χ2n) is 6.59. The highest BCUT2D eigenvalue weighted by molar-refractivity contribution is 5.78. The average molecular weight is 270 g/mol. The fraction of sp³-hybridized carbons (Fsp3) is 0.933. The molecule has 1 amide bonds. The van der Waals surface area contributed by atoms with Gasteiger partial charge in [0.05, 0.1) is 0 Å². The van der Waals surface area contributed by atoms with Gasteiger partial charge in [0.15, 0.2) is 0 Å². The number of carbonyl (C=O) groups excluding carboxylic acids is 1. The summed E-state index contributed by atoms with van der Waals surface area (Å²) in [6.45, 7) is 11.6. The molecule has 0 aliphatic carbocycles. The Balaban J connectivity index is 2.56. The van der Waals surface area contributed by atoms with E-state index in [-0.39, 0.29) is 24.5 Å². The molecule has 2 atom stereocenters. The summed E-state index contributed by atoms with van der Waals surface area (Å²) in [6, 6.07) is 0.235. The molecular weight excluding hydrogens is 240 g/mol. The highest BCUT2D eigenvalue weighted by Crippen LogP contribution is 2.21. The molecule has 0 radical (unpaired) electrons. The van der Waals surface area contributed by atoms with Crippen LogP contribution in [-0.2, 0) is 4.79 Å². The molecule has 1 aliphatic rings. The van der Waals surface area contributed by atoms with Gasteiger partial charge in [-0.05, 0) is 24.7 Å². The van der Waals surface area contributed by atoms with Crippen LogP contribution in [0.2, 0.25) is 0 Å². The first kappa shape index (κ1) is 16.4. The smallest absolute Gasteiger partial charge is 0.222 e. The van der Waals surface area contributed by atoms with Gasteiger partial charge in [-0.1, -0.05) is 27.7 Å². The van der Waals surface area contributed by atoms with Crippen LogP contribution in [0.5, 0.6) is 0 Å². The van der Waals surface area contributed by atoms with Gasteiger partial charge in [0.2, 0.25) is 5.91 Å². The van der Waals surface area contributed by atoms with Crippen LogP contribution in [0.1, 0.15) is 40.5 Å². The summed E-state index contributed by atoms with van der Waals surface area (Å²) < 4.78 is 0. The molecule has 0 aromatic carbocycles. The number of carbonyl (C=O) groups is 1. The fourth-order valence-electron chi connectivity index (χ4n) is 2.83.